The summed E-state index contributed by atoms with van der Waals surface area (Å²) in [5.74, 6) is -0.0526. The maximum absolute atomic E-state index is 13.0. The molecule has 1 atom stereocenters. The highest BCUT2D eigenvalue weighted by Gasteiger charge is 2.07. The van der Waals surface area contributed by atoms with Gasteiger partial charge in [0, 0.05) is 25.5 Å². The van der Waals surface area contributed by atoms with Gasteiger partial charge in [-0.3, -0.25) is 4.68 Å². The summed E-state index contributed by atoms with van der Waals surface area (Å²) in [6, 6.07) is 8.05. The lowest BCUT2D eigenvalue weighted by atomic mass is 10.1. The van der Waals surface area contributed by atoms with E-state index < -0.39 is 5.82 Å². The van der Waals surface area contributed by atoms with Crippen LogP contribution in [0.1, 0.15) is 12.5 Å². The van der Waals surface area contributed by atoms with Crippen LogP contribution in [-0.4, -0.2) is 16.3 Å². The number of halogens is 1. The molecule has 19 heavy (non-hydrogen) atoms. The van der Waals surface area contributed by atoms with Gasteiger partial charge in [0.15, 0.2) is 0 Å². The van der Waals surface area contributed by atoms with Crippen molar-refractivity contribution in [3.63, 3.8) is 0 Å². The van der Waals surface area contributed by atoms with Gasteiger partial charge < -0.3 is 5.32 Å². The van der Waals surface area contributed by atoms with Crippen molar-refractivity contribution in [2.75, 3.05) is 11.9 Å². The van der Waals surface area contributed by atoms with Crippen LogP contribution in [0.15, 0.2) is 36.7 Å². The highest BCUT2D eigenvalue weighted by molar-refractivity contribution is 5.57. The number of anilines is 1. The van der Waals surface area contributed by atoms with Gasteiger partial charge in [0.1, 0.15) is 11.9 Å². The Hall–Kier alpha value is -2.35. The fourth-order valence-corrected chi connectivity index (χ4v) is 1.84. The Bertz CT molecular complexity index is 572. The summed E-state index contributed by atoms with van der Waals surface area (Å²) in [6.45, 7) is 3.58. The number of rotatable bonds is 5. The molecule has 2 rings (SSSR count). The molecule has 2 aromatic rings. The van der Waals surface area contributed by atoms with Crippen LogP contribution in [0.2, 0.25) is 0 Å². The molecule has 1 unspecified atom stereocenters. The lowest BCUT2D eigenvalue weighted by molar-refractivity contribution is 0.468. The highest BCUT2D eigenvalue weighted by Crippen LogP contribution is 2.16. The van der Waals surface area contributed by atoms with Gasteiger partial charge in [-0.15, -0.1) is 0 Å². The lowest BCUT2D eigenvalue weighted by Crippen LogP contribution is -2.17. The third-order valence-corrected chi connectivity index (χ3v) is 2.80. The van der Waals surface area contributed by atoms with E-state index in [9.17, 15) is 4.39 Å². The Morgan fingerprint density at radius 3 is 3.05 bits per heavy atom. The molecule has 1 aromatic carbocycles. The van der Waals surface area contributed by atoms with Gasteiger partial charge in [-0.05, 0) is 30.2 Å². The Kier molecular flexibility index (Phi) is 4.14. The average Bonchev–Trinajstić information content (AvgIpc) is 2.90. The first kappa shape index (κ1) is 13.1. The zero-order valence-corrected chi connectivity index (χ0v) is 10.7. The van der Waals surface area contributed by atoms with E-state index in [1.54, 1.807) is 12.3 Å². The quantitative estimate of drug-likeness (QED) is 0.897. The van der Waals surface area contributed by atoms with Crippen LogP contribution >= 0.6 is 0 Å². The number of nitrogens with zero attached hydrogens (tertiary/aromatic N) is 3. The van der Waals surface area contributed by atoms with E-state index in [0.29, 0.717) is 23.7 Å². The van der Waals surface area contributed by atoms with Crippen molar-refractivity contribution < 1.29 is 4.39 Å². The van der Waals surface area contributed by atoms with E-state index in [4.69, 9.17) is 5.26 Å². The second kappa shape index (κ2) is 6.01. The van der Waals surface area contributed by atoms with Gasteiger partial charge in [0.05, 0.1) is 11.3 Å². The van der Waals surface area contributed by atoms with Crippen molar-refractivity contribution in [2.45, 2.75) is 13.5 Å². The standard InChI is InChI=1S/C14H15FN4/c1-11(10-19-6-2-5-18-19)9-17-14-4-3-13(15)7-12(14)8-16/h2-7,11,17H,9-10H2,1H3. The molecule has 5 heteroatoms. The SMILES string of the molecule is CC(CNc1ccc(F)cc1C#N)Cn1cccn1. The van der Waals surface area contributed by atoms with Crippen LogP contribution < -0.4 is 5.32 Å². The van der Waals surface area contributed by atoms with Crippen molar-refractivity contribution >= 4 is 5.69 Å². The Morgan fingerprint density at radius 2 is 2.37 bits per heavy atom. The zero-order chi connectivity index (χ0) is 13.7. The van der Waals surface area contributed by atoms with Gasteiger partial charge >= 0.3 is 0 Å². The first-order chi connectivity index (χ1) is 9.19. The van der Waals surface area contributed by atoms with Crippen molar-refractivity contribution in [3.05, 3.63) is 48.0 Å². The van der Waals surface area contributed by atoms with Gasteiger partial charge in [0.25, 0.3) is 0 Å². The maximum atomic E-state index is 13.0. The first-order valence-corrected chi connectivity index (χ1v) is 6.10. The molecule has 0 bridgehead atoms. The van der Waals surface area contributed by atoms with Crippen molar-refractivity contribution in [1.29, 1.82) is 5.26 Å². The molecule has 0 saturated heterocycles. The molecule has 1 heterocycles. The molecule has 1 aromatic heterocycles. The molecule has 0 radical (unpaired) electrons. The van der Waals surface area contributed by atoms with Crippen molar-refractivity contribution in [1.82, 2.24) is 9.78 Å². The molecular formula is C14H15FN4. The monoisotopic (exact) mass is 258 g/mol. The van der Waals surface area contributed by atoms with E-state index in [1.807, 2.05) is 23.0 Å². The van der Waals surface area contributed by atoms with E-state index in [0.717, 1.165) is 6.54 Å². The first-order valence-electron chi connectivity index (χ1n) is 6.10. The molecule has 0 aliphatic rings. The maximum Gasteiger partial charge on any atom is 0.124 e. The van der Waals surface area contributed by atoms with Crippen molar-refractivity contribution in [3.8, 4) is 6.07 Å². The summed E-state index contributed by atoms with van der Waals surface area (Å²) >= 11 is 0. The van der Waals surface area contributed by atoms with E-state index in [2.05, 4.69) is 17.3 Å². The molecule has 0 aliphatic carbocycles. The van der Waals surface area contributed by atoms with E-state index in [1.165, 1.54) is 12.1 Å². The minimum absolute atomic E-state index is 0.325. The van der Waals surface area contributed by atoms with Crippen LogP contribution in [0.25, 0.3) is 0 Å². The fraction of sp³-hybridized carbons (Fsp3) is 0.286. The predicted octanol–water partition coefficient (Wildman–Crippen LogP) is 2.64. The smallest absolute Gasteiger partial charge is 0.124 e. The van der Waals surface area contributed by atoms with Crippen LogP contribution in [0, 0.1) is 23.1 Å². The lowest BCUT2D eigenvalue weighted by Gasteiger charge is -2.14. The highest BCUT2D eigenvalue weighted by atomic mass is 19.1. The molecular weight excluding hydrogens is 243 g/mol. The number of hydrogen-bond acceptors (Lipinski definition) is 3. The molecule has 0 fully saturated rings. The molecule has 0 aliphatic heterocycles. The number of benzene rings is 1. The van der Waals surface area contributed by atoms with Crippen LogP contribution in [0.4, 0.5) is 10.1 Å². The minimum Gasteiger partial charge on any atom is -0.384 e. The molecule has 0 saturated carbocycles. The van der Waals surface area contributed by atoms with E-state index in [-0.39, 0.29) is 0 Å². The van der Waals surface area contributed by atoms with Crippen LogP contribution in [0.3, 0.4) is 0 Å². The number of aromatic nitrogens is 2. The largest absolute Gasteiger partial charge is 0.384 e. The second-order valence-corrected chi connectivity index (χ2v) is 4.52. The summed E-state index contributed by atoms with van der Waals surface area (Å²) in [5.41, 5.74) is 0.988. The van der Waals surface area contributed by atoms with E-state index >= 15 is 0 Å². The van der Waals surface area contributed by atoms with Crippen LogP contribution in [-0.2, 0) is 6.54 Å². The molecule has 1 N–H and O–H groups in total. The predicted molar refractivity (Wildman–Crippen MR) is 71.0 cm³/mol. The molecule has 4 nitrogen and oxygen atoms in total. The average molecular weight is 258 g/mol. The fourth-order valence-electron chi connectivity index (χ4n) is 1.84. The van der Waals surface area contributed by atoms with Gasteiger partial charge in [0.2, 0.25) is 0 Å². The molecule has 0 amide bonds. The zero-order valence-electron chi connectivity index (χ0n) is 10.7. The number of nitrogens with one attached hydrogen (secondary N) is 1. The Morgan fingerprint density at radius 1 is 1.53 bits per heavy atom. The molecule has 98 valence electrons. The van der Waals surface area contributed by atoms with Crippen molar-refractivity contribution in [2.24, 2.45) is 5.92 Å². The summed E-state index contributed by atoms with van der Waals surface area (Å²) in [7, 11) is 0. The normalized spacial score (nSPS) is 11.8. The van der Waals surface area contributed by atoms with Gasteiger partial charge in [-0.2, -0.15) is 10.4 Å². The number of hydrogen-bond donors (Lipinski definition) is 1. The summed E-state index contributed by atoms with van der Waals surface area (Å²) in [6.07, 6.45) is 3.66. The Balaban J connectivity index is 1.93. The van der Waals surface area contributed by atoms with Gasteiger partial charge in [-0.25, -0.2) is 4.39 Å². The number of nitriles is 1. The minimum atomic E-state index is -0.397. The summed E-state index contributed by atoms with van der Waals surface area (Å²) in [5, 5.41) is 16.3. The Labute approximate surface area is 111 Å². The summed E-state index contributed by atoms with van der Waals surface area (Å²) in [4.78, 5) is 0. The third kappa shape index (κ3) is 3.55. The third-order valence-electron chi connectivity index (χ3n) is 2.80. The van der Waals surface area contributed by atoms with Gasteiger partial charge in [-0.1, -0.05) is 6.92 Å². The van der Waals surface area contributed by atoms with Crippen LogP contribution in [0.5, 0.6) is 0 Å². The summed E-state index contributed by atoms with van der Waals surface area (Å²) < 4.78 is 14.9. The molecule has 0 spiro atoms. The topological polar surface area (TPSA) is 53.6 Å². The second-order valence-electron chi connectivity index (χ2n) is 4.52.